The number of hydrogen-bond acceptors (Lipinski definition) is 2. The van der Waals surface area contributed by atoms with Crippen LogP contribution in [0.25, 0.3) is 33.3 Å². The molecule has 0 aliphatic rings. The summed E-state index contributed by atoms with van der Waals surface area (Å²) < 4.78 is 26.7. The van der Waals surface area contributed by atoms with Gasteiger partial charge in [-0.15, -0.1) is 0 Å². The summed E-state index contributed by atoms with van der Waals surface area (Å²) in [6.07, 6.45) is 1.69. The van der Waals surface area contributed by atoms with E-state index >= 15 is 0 Å². The molecule has 0 spiro atoms. The van der Waals surface area contributed by atoms with E-state index < -0.39 is 11.6 Å². The van der Waals surface area contributed by atoms with Crippen molar-refractivity contribution in [2.75, 3.05) is 0 Å². The van der Waals surface area contributed by atoms with Gasteiger partial charge in [0.1, 0.15) is 5.65 Å². The lowest BCUT2D eigenvalue weighted by Gasteiger charge is -1.99. The van der Waals surface area contributed by atoms with Crippen molar-refractivity contribution < 1.29 is 8.78 Å². The Bertz CT molecular complexity index is 962. The molecule has 0 atom stereocenters. The monoisotopic (exact) mass is 281 g/mol. The normalized spacial score (nSPS) is 11.3. The second kappa shape index (κ2) is 4.34. The molecule has 0 unspecified atom stereocenters. The number of fused-ring (bicyclic) bond motifs is 3. The smallest absolute Gasteiger partial charge is 0.160 e. The van der Waals surface area contributed by atoms with E-state index in [2.05, 4.69) is 15.0 Å². The summed E-state index contributed by atoms with van der Waals surface area (Å²) in [4.78, 5) is 11.7. The Kier molecular flexibility index (Phi) is 2.47. The lowest BCUT2D eigenvalue weighted by molar-refractivity contribution is 0.511. The van der Waals surface area contributed by atoms with E-state index in [0.29, 0.717) is 22.2 Å². The zero-order chi connectivity index (χ0) is 14.4. The minimum Gasteiger partial charge on any atom is -0.339 e. The largest absolute Gasteiger partial charge is 0.339 e. The zero-order valence-corrected chi connectivity index (χ0v) is 10.8. The van der Waals surface area contributed by atoms with Crippen LogP contribution in [0, 0.1) is 11.6 Å². The number of nitrogens with zero attached hydrogens (tertiary/aromatic N) is 2. The lowest BCUT2D eigenvalue weighted by Crippen LogP contribution is -1.86. The number of H-pyrrole nitrogens is 1. The van der Waals surface area contributed by atoms with E-state index in [1.54, 1.807) is 6.20 Å². The predicted octanol–water partition coefficient (Wildman–Crippen LogP) is 4.06. The van der Waals surface area contributed by atoms with Crippen molar-refractivity contribution in [3.8, 4) is 11.4 Å². The molecule has 3 aromatic heterocycles. The number of benzene rings is 1. The van der Waals surface area contributed by atoms with Crippen molar-refractivity contribution in [1.29, 1.82) is 0 Å². The van der Waals surface area contributed by atoms with E-state index in [0.717, 1.165) is 17.1 Å². The molecule has 4 aromatic rings. The fraction of sp³-hybridized carbons (Fsp3) is 0. The predicted molar refractivity (Wildman–Crippen MR) is 76.7 cm³/mol. The summed E-state index contributed by atoms with van der Waals surface area (Å²) in [5.41, 5.74) is 2.55. The molecule has 0 fully saturated rings. The Balaban J connectivity index is 1.99. The van der Waals surface area contributed by atoms with Gasteiger partial charge in [-0.3, -0.25) is 4.98 Å². The lowest BCUT2D eigenvalue weighted by atomic mass is 10.1. The first kappa shape index (κ1) is 12.0. The number of halogens is 2. The summed E-state index contributed by atoms with van der Waals surface area (Å²) >= 11 is 0. The summed E-state index contributed by atoms with van der Waals surface area (Å²) in [7, 11) is 0. The minimum absolute atomic E-state index is 0.523. The standard InChI is InChI=1S/C16H9F2N3/c17-11-7-10-9-4-5-14(13-3-1-2-6-19-13)20-16(9)21-15(10)8-12(11)18/h1-8H,(H,20,21). The summed E-state index contributed by atoms with van der Waals surface area (Å²) in [6, 6.07) is 11.6. The first-order valence-electron chi connectivity index (χ1n) is 6.41. The topological polar surface area (TPSA) is 41.6 Å². The van der Waals surface area contributed by atoms with E-state index in [9.17, 15) is 8.78 Å². The van der Waals surface area contributed by atoms with Crippen molar-refractivity contribution in [2.24, 2.45) is 0 Å². The highest BCUT2D eigenvalue weighted by Gasteiger charge is 2.11. The third-order valence-corrected chi connectivity index (χ3v) is 3.43. The molecule has 0 aliphatic carbocycles. The van der Waals surface area contributed by atoms with Crippen molar-refractivity contribution in [1.82, 2.24) is 15.0 Å². The van der Waals surface area contributed by atoms with E-state index in [4.69, 9.17) is 0 Å². The van der Waals surface area contributed by atoms with Gasteiger partial charge < -0.3 is 4.98 Å². The molecule has 0 aliphatic heterocycles. The van der Waals surface area contributed by atoms with Crippen molar-refractivity contribution in [3.05, 3.63) is 60.3 Å². The molecule has 102 valence electrons. The van der Waals surface area contributed by atoms with Gasteiger partial charge in [-0.25, -0.2) is 13.8 Å². The van der Waals surface area contributed by atoms with Gasteiger partial charge in [-0.1, -0.05) is 6.07 Å². The van der Waals surface area contributed by atoms with Gasteiger partial charge in [0.15, 0.2) is 11.6 Å². The summed E-state index contributed by atoms with van der Waals surface area (Å²) in [5.74, 6) is -1.74. The van der Waals surface area contributed by atoms with E-state index in [1.165, 1.54) is 6.07 Å². The van der Waals surface area contributed by atoms with Crippen LogP contribution < -0.4 is 0 Å². The van der Waals surface area contributed by atoms with Crippen LogP contribution in [-0.4, -0.2) is 15.0 Å². The first-order chi connectivity index (χ1) is 10.2. The molecule has 0 saturated heterocycles. The number of hydrogen-bond donors (Lipinski definition) is 1. The third-order valence-electron chi connectivity index (χ3n) is 3.43. The van der Waals surface area contributed by atoms with Gasteiger partial charge in [0, 0.05) is 23.0 Å². The summed E-state index contributed by atoms with van der Waals surface area (Å²) in [6.45, 7) is 0. The highest BCUT2D eigenvalue weighted by atomic mass is 19.2. The quantitative estimate of drug-likeness (QED) is 0.571. The molecule has 0 amide bonds. The molecule has 3 nitrogen and oxygen atoms in total. The van der Waals surface area contributed by atoms with Crippen LogP contribution in [0.15, 0.2) is 48.7 Å². The number of rotatable bonds is 1. The van der Waals surface area contributed by atoms with Crippen molar-refractivity contribution in [2.45, 2.75) is 0 Å². The molecule has 0 radical (unpaired) electrons. The minimum atomic E-state index is -0.876. The van der Waals surface area contributed by atoms with Crippen molar-refractivity contribution >= 4 is 21.9 Å². The SMILES string of the molecule is Fc1cc2[nH]c3nc(-c4ccccn4)ccc3c2cc1F. The van der Waals surface area contributed by atoms with Crippen LogP contribution >= 0.6 is 0 Å². The first-order valence-corrected chi connectivity index (χ1v) is 6.41. The number of pyridine rings is 2. The maximum atomic E-state index is 13.4. The Morgan fingerprint density at radius 1 is 0.857 bits per heavy atom. The average molecular weight is 281 g/mol. The molecular weight excluding hydrogens is 272 g/mol. The van der Waals surface area contributed by atoms with Crippen LogP contribution in [0.4, 0.5) is 8.78 Å². The fourth-order valence-corrected chi connectivity index (χ4v) is 2.43. The number of nitrogens with one attached hydrogen (secondary N) is 1. The third kappa shape index (κ3) is 1.86. The van der Waals surface area contributed by atoms with Crippen LogP contribution in [-0.2, 0) is 0 Å². The molecule has 0 bridgehead atoms. The highest BCUT2D eigenvalue weighted by Crippen LogP contribution is 2.28. The Hall–Kier alpha value is -2.82. The second-order valence-corrected chi connectivity index (χ2v) is 4.74. The van der Waals surface area contributed by atoms with E-state index in [-0.39, 0.29) is 0 Å². The molecule has 1 aromatic carbocycles. The number of aromatic amines is 1. The van der Waals surface area contributed by atoms with Gasteiger partial charge in [-0.05, 0) is 30.3 Å². The molecule has 4 rings (SSSR count). The maximum Gasteiger partial charge on any atom is 0.160 e. The average Bonchev–Trinajstić information content (AvgIpc) is 2.85. The fourth-order valence-electron chi connectivity index (χ4n) is 2.43. The van der Waals surface area contributed by atoms with Gasteiger partial charge in [-0.2, -0.15) is 0 Å². The van der Waals surface area contributed by atoms with Gasteiger partial charge in [0.2, 0.25) is 0 Å². The Morgan fingerprint density at radius 3 is 2.52 bits per heavy atom. The molecule has 1 N–H and O–H groups in total. The van der Waals surface area contributed by atoms with Crippen molar-refractivity contribution in [3.63, 3.8) is 0 Å². The second-order valence-electron chi connectivity index (χ2n) is 4.74. The van der Waals surface area contributed by atoms with Gasteiger partial charge >= 0.3 is 0 Å². The Morgan fingerprint density at radius 2 is 1.71 bits per heavy atom. The zero-order valence-electron chi connectivity index (χ0n) is 10.8. The highest BCUT2D eigenvalue weighted by molar-refractivity contribution is 6.06. The van der Waals surface area contributed by atoms with Crippen LogP contribution in [0.1, 0.15) is 0 Å². The van der Waals surface area contributed by atoms with Crippen LogP contribution in [0.5, 0.6) is 0 Å². The van der Waals surface area contributed by atoms with E-state index in [1.807, 2.05) is 30.3 Å². The molecule has 0 saturated carbocycles. The Labute approximate surface area is 118 Å². The van der Waals surface area contributed by atoms with Crippen LogP contribution in [0.2, 0.25) is 0 Å². The number of aromatic nitrogens is 3. The van der Waals surface area contributed by atoms with Gasteiger partial charge in [0.05, 0.1) is 16.9 Å². The molecule has 5 heteroatoms. The molecule has 21 heavy (non-hydrogen) atoms. The molecular formula is C16H9F2N3. The van der Waals surface area contributed by atoms with Crippen LogP contribution in [0.3, 0.4) is 0 Å². The van der Waals surface area contributed by atoms with Gasteiger partial charge in [0.25, 0.3) is 0 Å². The maximum absolute atomic E-state index is 13.4. The molecule has 3 heterocycles. The summed E-state index contributed by atoms with van der Waals surface area (Å²) in [5, 5.41) is 1.37.